The van der Waals surface area contributed by atoms with Crippen molar-refractivity contribution in [1.82, 2.24) is 0 Å². The number of aromatic carboxylic acids is 2. The molecule has 0 unspecified atom stereocenters. The molecule has 0 saturated carbocycles. The van der Waals surface area contributed by atoms with Crippen LogP contribution in [0.3, 0.4) is 0 Å². The minimum Gasteiger partial charge on any atom is -0.497 e. The summed E-state index contributed by atoms with van der Waals surface area (Å²) in [6, 6.07) is 3.59. The topological polar surface area (TPSA) is 83.8 Å². The standard InChI is InChI=1S/C9H8O5.2ClH/c1-14-7-3-5(8(10)11)2-6(4-7)9(12)13;;/h2-4H,1H3,(H,10,11)(H,12,13);2*1H. The average molecular weight is 269 g/mol. The number of methoxy groups -OCH3 is 1. The summed E-state index contributed by atoms with van der Waals surface area (Å²) in [5.74, 6) is -2.17. The Morgan fingerprint density at radius 1 is 1.00 bits per heavy atom. The van der Waals surface area contributed by atoms with Crippen molar-refractivity contribution in [2.45, 2.75) is 0 Å². The Labute approximate surface area is 104 Å². The molecular weight excluding hydrogens is 259 g/mol. The molecule has 7 heteroatoms. The molecule has 0 aliphatic carbocycles. The lowest BCUT2D eigenvalue weighted by molar-refractivity contribution is 0.0696. The second-order valence-corrected chi connectivity index (χ2v) is 2.56. The fourth-order valence-corrected chi connectivity index (χ4v) is 0.964. The molecule has 0 aliphatic rings. The molecule has 0 aromatic heterocycles. The number of carboxylic acids is 2. The number of benzene rings is 1. The van der Waals surface area contributed by atoms with E-state index in [1.54, 1.807) is 0 Å². The highest BCUT2D eigenvalue weighted by Crippen LogP contribution is 2.16. The Kier molecular flexibility index (Phi) is 7.33. The van der Waals surface area contributed by atoms with Gasteiger partial charge in [-0.2, -0.15) is 0 Å². The van der Waals surface area contributed by atoms with Gasteiger partial charge in [-0.15, -0.1) is 24.8 Å². The van der Waals surface area contributed by atoms with Gasteiger partial charge in [-0.3, -0.25) is 0 Å². The zero-order chi connectivity index (χ0) is 10.7. The maximum Gasteiger partial charge on any atom is 0.335 e. The second kappa shape index (κ2) is 6.92. The van der Waals surface area contributed by atoms with E-state index in [4.69, 9.17) is 14.9 Å². The van der Waals surface area contributed by atoms with Gasteiger partial charge in [-0.05, 0) is 18.2 Å². The summed E-state index contributed by atoms with van der Waals surface area (Å²) < 4.78 is 4.77. The van der Waals surface area contributed by atoms with E-state index in [-0.39, 0.29) is 41.7 Å². The lowest BCUT2D eigenvalue weighted by Crippen LogP contribution is -2.03. The van der Waals surface area contributed by atoms with Crippen molar-refractivity contribution in [2.75, 3.05) is 7.11 Å². The normalized spacial score (nSPS) is 8.31. The Morgan fingerprint density at radius 2 is 1.38 bits per heavy atom. The molecule has 1 aromatic carbocycles. The molecule has 0 aliphatic heterocycles. The van der Waals surface area contributed by atoms with Crippen LogP contribution in [0, 0.1) is 0 Å². The van der Waals surface area contributed by atoms with Crippen LogP contribution in [0.25, 0.3) is 0 Å². The fourth-order valence-electron chi connectivity index (χ4n) is 0.964. The summed E-state index contributed by atoms with van der Waals surface area (Å²) >= 11 is 0. The van der Waals surface area contributed by atoms with Gasteiger partial charge in [0.05, 0.1) is 18.2 Å². The lowest BCUT2D eigenvalue weighted by Gasteiger charge is -2.03. The third kappa shape index (κ3) is 3.96. The van der Waals surface area contributed by atoms with Crippen LogP contribution in [-0.4, -0.2) is 29.3 Å². The maximum absolute atomic E-state index is 10.6. The van der Waals surface area contributed by atoms with Crippen LogP contribution >= 0.6 is 24.8 Å². The van der Waals surface area contributed by atoms with E-state index < -0.39 is 11.9 Å². The number of ether oxygens (including phenoxy) is 1. The van der Waals surface area contributed by atoms with Gasteiger partial charge in [-0.25, -0.2) is 9.59 Å². The molecule has 5 nitrogen and oxygen atoms in total. The summed E-state index contributed by atoms with van der Waals surface area (Å²) in [6.07, 6.45) is 0. The van der Waals surface area contributed by atoms with Gasteiger partial charge >= 0.3 is 11.9 Å². The largest absolute Gasteiger partial charge is 0.497 e. The summed E-state index contributed by atoms with van der Waals surface area (Å²) in [7, 11) is 1.34. The Morgan fingerprint density at radius 3 is 1.62 bits per heavy atom. The summed E-state index contributed by atoms with van der Waals surface area (Å²) in [5.41, 5.74) is -0.219. The van der Waals surface area contributed by atoms with Crippen LogP contribution < -0.4 is 4.74 Å². The predicted molar refractivity (Wildman–Crippen MR) is 61.4 cm³/mol. The van der Waals surface area contributed by atoms with E-state index >= 15 is 0 Å². The highest BCUT2D eigenvalue weighted by atomic mass is 35.5. The summed E-state index contributed by atoms with van der Waals surface area (Å²) in [5, 5.41) is 17.3. The molecule has 0 saturated heterocycles. The van der Waals surface area contributed by atoms with E-state index in [1.807, 2.05) is 0 Å². The minimum atomic E-state index is -1.19. The third-order valence-electron chi connectivity index (χ3n) is 1.64. The van der Waals surface area contributed by atoms with Crippen molar-refractivity contribution in [3.8, 4) is 5.75 Å². The molecule has 0 spiro atoms. The number of rotatable bonds is 3. The van der Waals surface area contributed by atoms with Crippen molar-refractivity contribution in [3.63, 3.8) is 0 Å². The highest BCUT2D eigenvalue weighted by Gasteiger charge is 2.11. The molecular formula is C9H10Cl2O5. The Balaban J connectivity index is 0. The van der Waals surface area contributed by atoms with Crippen LogP contribution in [-0.2, 0) is 0 Å². The van der Waals surface area contributed by atoms with Crippen molar-refractivity contribution in [1.29, 1.82) is 0 Å². The van der Waals surface area contributed by atoms with E-state index in [1.165, 1.54) is 19.2 Å². The fraction of sp³-hybridized carbons (Fsp3) is 0.111. The van der Waals surface area contributed by atoms with Crippen LogP contribution in [0.5, 0.6) is 5.75 Å². The molecule has 0 bridgehead atoms. The Bertz CT molecular complexity index is 359. The first kappa shape index (κ1) is 17.0. The number of carbonyl (C=O) groups is 2. The lowest BCUT2D eigenvalue weighted by atomic mass is 10.1. The third-order valence-corrected chi connectivity index (χ3v) is 1.64. The van der Waals surface area contributed by atoms with Crippen molar-refractivity contribution >= 4 is 36.8 Å². The number of hydrogen-bond donors (Lipinski definition) is 2. The molecule has 2 N–H and O–H groups in total. The maximum atomic E-state index is 10.6. The smallest absolute Gasteiger partial charge is 0.335 e. The molecule has 0 radical (unpaired) electrons. The summed E-state index contributed by atoms with van der Waals surface area (Å²) in [4.78, 5) is 21.2. The average Bonchev–Trinajstić information content (AvgIpc) is 2.16. The van der Waals surface area contributed by atoms with Crippen molar-refractivity contribution < 1.29 is 24.5 Å². The molecule has 90 valence electrons. The number of carboxylic acid groups (broad SMARTS) is 2. The highest BCUT2D eigenvalue weighted by molar-refractivity contribution is 5.94. The van der Waals surface area contributed by atoms with Crippen LogP contribution in [0.15, 0.2) is 18.2 Å². The molecule has 0 amide bonds. The van der Waals surface area contributed by atoms with Crippen LogP contribution in [0.4, 0.5) is 0 Å². The van der Waals surface area contributed by atoms with Crippen LogP contribution in [0.1, 0.15) is 20.7 Å². The molecule has 16 heavy (non-hydrogen) atoms. The monoisotopic (exact) mass is 268 g/mol. The molecule has 1 aromatic rings. The molecule has 0 heterocycles. The minimum absolute atomic E-state index is 0. The quantitative estimate of drug-likeness (QED) is 0.875. The first-order chi connectivity index (χ1) is 6.54. The first-order valence-electron chi connectivity index (χ1n) is 3.70. The first-order valence-corrected chi connectivity index (χ1v) is 3.70. The van der Waals surface area contributed by atoms with E-state index in [0.717, 1.165) is 6.07 Å². The van der Waals surface area contributed by atoms with Crippen LogP contribution in [0.2, 0.25) is 0 Å². The molecule has 1 rings (SSSR count). The SMILES string of the molecule is COc1cc(C(=O)O)cc(C(=O)O)c1.Cl.Cl. The Hall–Kier alpha value is -1.46. The molecule has 0 fully saturated rings. The zero-order valence-corrected chi connectivity index (χ0v) is 9.80. The molecule has 0 atom stereocenters. The van der Waals surface area contributed by atoms with Gasteiger partial charge < -0.3 is 14.9 Å². The van der Waals surface area contributed by atoms with Gasteiger partial charge in [0.2, 0.25) is 0 Å². The number of hydrogen-bond acceptors (Lipinski definition) is 3. The van der Waals surface area contributed by atoms with Crippen molar-refractivity contribution in [3.05, 3.63) is 29.3 Å². The van der Waals surface area contributed by atoms with Gasteiger partial charge in [0.1, 0.15) is 5.75 Å². The zero-order valence-electron chi connectivity index (χ0n) is 8.17. The summed E-state index contributed by atoms with van der Waals surface area (Å²) in [6.45, 7) is 0. The van der Waals surface area contributed by atoms with Crippen molar-refractivity contribution in [2.24, 2.45) is 0 Å². The van der Waals surface area contributed by atoms with E-state index in [9.17, 15) is 9.59 Å². The predicted octanol–water partition coefficient (Wildman–Crippen LogP) is 1.94. The second-order valence-electron chi connectivity index (χ2n) is 2.56. The number of halogens is 2. The van der Waals surface area contributed by atoms with E-state index in [2.05, 4.69) is 0 Å². The van der Waals surface area contributed by atoms with Gasteiger partial charge in [0.25, 0.3) is 0 Å². The van der Waals surface area contributed by atoms with Gasteiger partial charge in [0, 0.05) is 0 Å². The van der Waals surface area contributed by atoms with Gasteiger partial charge in [-0.1, -0.05) is 0 Å². The van der Waals surface area contributed by atoms with Gasteiger partial charge in [0.15, 0.2) is 0 Å². The van der Waals surface area contributed by atoms with E-state index in [0.29, 0.717) is 0 Å².